The maximum Gasteiger partial charge on any atom is 0.349 e. The number of ether oxygens (including phenoxy) is 1. The predicted molar refractivity (Wildman–Crippen MR) is 68.2 cm³/mol. The highest BCUT2D eigenvalue weighted by Crippen LogP contribution is 2.40. The Morgan fingerprint density at radius 2 is 2.11 bits per heavy atom. The maximum atomic E-state index is 11.6. The molecule has 5 nitrogen and oxygen atoms in total. The second kappa shape index (κ2) is 4.55. The molecule has 0 fully saturated rings. The van der Waals surface area contributed by atoms with E-state index in [-0.39, 0.29) is 28.2 Å². The fourth-order valence-corrected chi connectivity index (χ4v) is 4.60. The molecule has 1 aliphatic rings. The summed E-state index contributed by atoms with van der Waals surface area (Å²) in [5, 5.41) is 9.14. The van der Waals surface area contributed by atoms with Gasteiger partial charge in [0.25, 0.3) is 0 Å². The van der Waals surface area contributed by atoms with Gasteiger partial charge in [-0.25, -0.2) is 13.2 Å². The Kier molecular flexibility index (Phi) is 3.37. The summed E-state index contributed by atoms with van der Waals surface area (Å²) >= 11 is 1.12. The molecule has 0 bridgehead atoms. The van der Waals surface area contributed by atoms with Gasteiger partial charge in [-0.3, -0.25) is 0 Å². The molecule has 0 saturated carbocycles. The highest BCUT2D eigenvalue weighted by Gasteiger charge is 2.31. The monoisotopic (exact) mass is 290 g/mol. The number of carboxylic acids is 1. The number of aromatic carboxylic acids is 1. The van der Waals surface area contributed by atoms with Gasteiger partial charge in [0.15, 0.2) is 14.7 Å². The quantitative estimate of drug-likeness (QED) is 0.916. The molecule has 7 heteroatoms. The molecule has 2 rings (SSSR count). The fraction of sp³-hybridized carbons (Fsp3) is 0.545. The summed E-state index contributed by atoms with van der Waals surface area (Å²) in [6.07, 6.45) is 0.191. The zero-order chi connectivity index (χ0) is 13.5. The van der Waals surface area contributed by atoms with Crippen LogP contribution in [0, 0.1) is 0 Å². The normalized spacial score (nSPS) is 17.5. The summed E-state index contributed by atoms with van der Waals surface area (Å²) < 4.78 is 28.8. The van der Waals surface area contributed by atoms with Gasteiger partial charge in [0.1, 0.15) is 5.75 Å². The van der Waals surface area contributed by atoms with Gasteiger partial charge >= 0.3 is 5.97 Å². The number of hydrogen-bond acceptors (Lipinski definition) is 5. The van der Waals surface area contributed by atoms with E-state index in [0.29, 0.717) is 12.0 Å². The zero-order valence-corrected chi connectivity index (χ0v) is 11.7. The Bertz CT molecular complexity index is 583. The second-order valence-corrected chi connectivity index (χ2v) is 7.77. The lowest BCUT2D eigenvalue weighted by Gasteiger charge is -2.16. The van der Waals surface area contributed by atoms with Crippen molar-refractivity contribution in [3.8, 4) is 5.75 Å². The van der Waals surface area contributed by atoms with Crippen LogP contribution >= 0.6 is 11.3 Å². The largest absolute Gasteiger partial charge is 0.489 e. The van der Waals surface area contributed by atoms with Crippen LogP contribution in [0.4, 0.5) is 0 Å². The van der Waals surface area contributed by atoms with Crippen molar-refractivity contribution in [3.05, 3.63) is 15.3 Å². The van der Waals surface area contributed by atoms with Gasteiger partial charge in [0, 0.05) is 10.4 Å². The topological polar surface area (TPSA) is 80.7 Å². The fourth-order valence-electron chi connectivity index (χ4n) is 1.88. The third-order valence-corrected chi connectivity index (χ3v) is 5.41. The second-order valence-electron chi connectivity index (χ2n) is 4.48. The van der Waals surface area contributed by atoms with Crippen molar-refractivity contribution in [2.24, 2.45) is 0 Å². The van der Waals surface area contributed by atoms with E-state index in [1.54, 1.807) is 13.8 Å². The van der Waals surface area contributed by atoms with E-state index in [2.05, 4.69) is 0 Å². The number of sulfone groups is 1. The van der Waals surface area contributed by atoms with Crippen LogP contribution in [-0.4, -0.2) is 31.4 Å². The molecule has 100 valence electrons. The van der Waals surface area contributed by atoms with Crippen molar-refractivity contribution in [3.63, 3.8) is 0 Å². The molecular weight excluding hydrogens is 276 g/mol. The van der Waals surface area contributed by atoms with Crippen molar-refractivity contribution >= 4 is 27.1 Å². The molecule has 1 aliphatic heterocycles. The molecule has 0 atom stereocenters. The van der Waals surface area contributed by atoms with Crippen molar-refractivity contribution in [2.75, 3.05) is 5.75 Å². The van der Waals surface area contributed by atoms with Crippen LogP contribution in [-0.2, 0) is 22.0 Å². The number of carboxylic acid groups (broad SMARTS) is 1. The molecule has 1 aromatic heterocycles. The van der Waals surface area contributed by atoms with Gasteiger partial charge in [0.2, 0.25) is 0 Å². The molecule has 0 unspecified atom stereocenters. The van der Waals surface area contributed by atoms with Gasteiger partial charge in [-0.15, -0.1) is 11.3 Å². The number of hydrogen-bond donors (Lipinski definition) is 1. The van der Waals surface area contributed by atoms with E-state index >= 15 is 0 Å². The molecule has 1 N–H and O–H groups in total. The first-order valence-corrected chi connectivity index (χ1v) is 8.19. The minimum absolute atomic E-state index is 0.0840. The van der Waals surface area contributed by atoms with Gasteiger partial charge in [-0.2, -0.15) is 0 Å². The Morgan fingerprint density at radius 1 is 1.44 bits per heavy atom. The van der Waals surface area contributed by atoms with Crippen LogP contribution in [0.1, 0.15) is 34.0 Å². The molecule has 0 radical (unpaired) electrons. The van der Waals surface area contributed by atoms with Gasteiger partial charge in [0.05, 0.1) is 17.6 Å². The van der Waals surface area contributed by atoms with Crippen LogP contribution < -0.4 is 4.74 Å². The van der Waals surface area contributed by atoms with E-state index in [0.717, 1.165) is 16.2 Å². The van der Waals surface area contributed by atoms with Gasteiger partial charge in [-0.05, 0) is 20.3 Å². The third-order valence-electron chi connectivity index (χ3n) is 2.59. The lowest BCUT2D eigenvalue weighted by molar-refractivity contribution is 0.0696. The summed E-state index contributed by atoms with van der Waals surface area (Å²) in [6.45, 7) is 3.57. The molecule has 0 aliphatic carbocycles. The van der Waals surface area contributed by atoms with Crippen LogP contribution in [0.2, 0.25) is 0 Å². The number of rotatable bonds is 3. The van der Waals surface area contributed by atoms with Crippen LogP contribution in [0.25, 0.3) is 0 Å². The number of fused-ring (bicyclic) bond motifs is 1. The summed E-state index contributed by atoms with van der Waals surface area (Å²) in [6, 6.07) is 0. The van der Waals surface area contributed by atoms with E-state index < -0.39 is 15.8 Å². The first-order chi connectivity index (χ1) is 8.30. The van der Waals surface area contributed by atoms with Crippen LogP contribution in [0.5, 0.6) is 5.75 Å². The SMILES string of the molecule is CC(C)Oc1c(C(=O)O)sc2c1CS(=O)(=O)CC2. The standard InChI is InChI=1S/C11H14O5S2/c1-6(2)16-9-7-5-18(14,15)4-3-8(7)17-10(9)11(12)13/h6H,3-5H2,1-2H3,(H,12,13). The zero-order valence-electron chi connectivity index (χ0n) is 10.1. The highest BCUT2D eigenvalue weighted by molar-refractivity contribution is 7.90. The van der Waals surface area contributed by atoms with Crippen LogP contribution in [0.3, 0.4) is 0 Å². The lowest BCUT2D eigenvalue weighted by Crippen LogP contribution is -2.18. The van der Waals surface area contributed by atoms with Crippen molar-refractivity contribution in [2.45, 2.75) is 32.1 Å². The maximum absolute atomic E-state index is 11.6. The van der Waals surface area contributed by atoms with Crippen LogP contribution in [0.15, 0.2) is 0 Å². The van der Waals surface area contributed by atoms with Crippen molar-refractivity contribution in [1.29, 1.82) is 0 Å². The van der Waals surface area contributed by atoms with Gasteiger partial charge < -0.3 is 9.84 Å². The molecule has 0 aromatic carbocycles. The molecule has 0 spiro atoms. The molecule has 1 aromatic rings. The molecule has 0 saturated heterocycles. The van der Waals surface area contributed by atoms with E-state index in [9.17, 15) is 13.2 Å². The van der Waals surface area contributed by atoms with Crippen molar-refractivity contribution in [1.82, 2.24) is 0 Å². The summed E-state index contributed by atoms with van der Waals surface area (Å²) in [4.78, 5) is 12.1. The first kappa shape index (κ1) is 13.4. The molecular formula is C11H14O5S2. The summed E-state index contributed by atoms with van der Waals surface area (Å²) in [5.41, 5.74) is 0.539. The predicted octanol–water partition coefficient (Wildman–Crippen LogP) is 1.70. The Balaban J connectivity index is 2.54. The molecule has 18 heavy (non-hydrogen) atoms. The van der Waals surface area contributed by atoms with E-state index in [1.807, 2.05) is 0 Å². The highest BCUT2D eigenvalue weighted by atomic mass is 32.2. The Morgan fingerprint density at radius 3 is 2.67 bits per heavy atom. The summed E-state index contributed by atoms with van der Waals surface area (Å²) in [5.74, 6) is -0.863. The van der Waals surface area contributed by atoms with E-state index in [1.165, 1.54) is 0 Å². The Labute approximate surface area is 109 Å². The van der Waals surface area contributed by atoms with E-state index in [4.69, 9.17) is 9.84 Å². The third kappa shape index (κ3) is 2.51. The average Bonchev–Trinajstić information content (AvgIpc) is 2.55. The number of thiophene rings is 1. The molecule has 0 amide bonds. The first-order valence-electron chi connectivity index (χ1n) is 5.55. The lowest BCUT2D eigenvalue weighted by atomic mass is 10.2. The summed E-state index contributed by atoms with van der Waals surface area (Å²) in [7, 11) is -3.13. The number of aryl methyl sites for hydroxylation is 1. The van der Waals surface area contributed by atoms with Gasteiger partial charge in [-0.1, -0.05) is 0 Å². The number of carbonyl (C=O) groups is 1. The minimum Gasteiger partial charge on any atom is -0.489 e. The van der Waals surface area contributed by atoms with Crippen molar-refractivity contribution < 1.29 is 23.1 Å². The molecule has 2 heterocycles. The average molecular weight is 290 g/mol. The Hall–Kier alpha value is -1.08. The minimum atomic E-state index is -3.13. The smallest absolute Gasteiger partial charge is 0.349 e.